The van der Waals surface area contributed by atoms with Gasteiger partial charge in [0.15, 0.2) is 0 Å². The third-order valence-corrected chi connectivity index (χ3v) is 6.90. The van der Waals surface area contributed by atoms with Crippen LogP contribution in [0.25, 0.3) is 10.9 Å². The molecule has 5 nitrogen and oxygen atoms in total. The minimum atomic E-state index is -3.61. The number of aromatic nitrogens is 1. The summed E-state index contributed by atoms with van der Waals surface area (Å²) < 4.78 is 30.9. The predicted molar refractivity (Wildman–Crippen MR) is 111 cm³/mol. The zero-order valence-electron chi connectivity index (χ0n) is 15.4. The standard InChI is InChI=1S/C20H23N3O2S.ClH/c1-14-20(17-9-5-6-10-19(17)23(14)2)26(24,25)22-13-18-16-8-4-3-7-15(16)11-12-21-18;/h3-10,18,21-22H,11-13H2,1-2H3;1H. The van der Waals surface area contributed by atoms with Crippen molar-refractivity contribution in [1.29, 1.82) is 0 Å². The van der Waals surface area contributed by atoms with E-state index in [4.69, 9.17) is 0 Å². The molecule has 0 radical (unpaired) electrons. The number of rotatable bonds is 4. The van der Waals surface area contributed by atoms with Gasteiger partial charge in [-0.15, -0.1) is 12.4 Å². The minimum absolute atomic E-state index is 0. The van der Waals surface area contributed by atoms with Crippen LogP contribution in [0.4, 0.5) is 0 Å². The zero-order valence-corrected chi connectivity index (χ0v) is 17.0. The van der Waals surface area contributed by atoms with E-state index in [0.717, 1.165) is 29.6 Å². The molecule has 1 atom stereocenters. The highest BCUT2D eigenvalue weighted by Crippen LogP contribution is 2.29. The van der Waals surface area contributed by atoms with E-state index >= 15 is 0 Å². The molecule has 1 aliphatic rings. The van der Waals surface area contributed by atoms with Crippen molar-refractivity contribution in [1.82, 2.24) is 14.6 Å². The fraction of sp³-hybridized carbons (Fsp3) is 0.300. The second-order valence-electron chi connectivity index (χ2n) is 6.80. The molecule has 1 unspecified atom stereocenters. The molecule has 3 aromatic rings. The summed E-state index contributed by atoms with van der Waals surface area (Å²) in [5.74, 6) is 0. The van der Waals surface area contributed by atoms with E-state index in [-0.39, 0.29) is 18.4 Å². The quantitative estimate of drug-likeness (QED) is 0.701. The zero-order chi connectivity index (χ0) is 18.3. The molecular weight excluding hydrogens is 382 g/mol. The van der Waals surface area contributed by atoms with Crippen LogP contribution in [-0.2, 0) is 23.5 Å². The van der Waals surface area contributed by atoms with Gasteiger partial charge in [0, 0.05) is 36.2 Å². The lowest BCUT2D eigenvalue weighted by Crippen LogP contribution is -2.38. The number of hydrogen-bond acceptors (Lipinski definition) is 3. The Morgan fingerprint density at radius 3 is 2.67 bits per heavy atom. The Morgan fingerprint density at radius 1 is 1.15 bits per heavy atom. The molecule has 4 rings (SSSR count). The summed E-state index contributed by atoms with van der Waals surface area (Å²) in [6.45, 7) is 3.04. The number of sulfonamides is 1. The largest absolute Gasteiger partial charge is 0.347 e. The monoisotopic (exact) mass is 405 g/mol. The van der Waals surface area contributed by atoms with Crippen LogP contribution in [-0.4, -0.2) is 26.1 Å². The van der Waals surface area contributed by atoms with Crippen molar-refractivity contribution in [2.75, 3.05) is 13.1 Å². The maximum Gasteiger partial charge on any atom is 0.243 e. The van der Waals surface area contributed by atoms with Crippen molar-refractivity contribution in [3.8, 4) is 0 Å². The first-order chi connectivity index (χ1) is 12.5. The third kappa shape index (κ3) is 3.50. The van der Waals surface area contributed by atoms with Crippen LogP contribution in [0.15, 0.2) is 53.4 Å². The average Bonchev–Trinajstić information content (AvgIpc) is 2.92. The van der Waals surface area contributed by atoms with E-state index in [9.17, 15) is 8.42 Å². The molecule has 0 saturated carbocycles. The lowest BCUT2D eigenvalue weighted by atomic mass is 9.95. The first kappa shape index (κ1) is 19.9. The predicted octanol–water partition coefficient (Wildman–Crippen LogP) is 3.07. The van der Waals surface area contributed by atoms with E-state index < -0.39 is 10.0 Å². The topological polar surface area (TPSA) is 63.1 Å². The van der Waals surface area contributed by atoms with Crippen LogP contribution in [0.5, 0.6) is 0 Å². The van der Waals surface area contributed by atoms with Crippen LogP contribution in [0.3, 0.4) is 0 Å². The molecule has 0 fully saturated rings. The maximum atomic E-state index is 13.1. The van der Waals surface area contributed by atoms with E-state index in [1.807, 2.05) is 54.9 Å². The molecule has 0 spiro atoms. The Hall–Kier alpha value is -1.86. The molecule has 2 aromatic carbocycles. The van der Waals surface area contributed by atoms with Crippen LogP contribution < -0.4 is 10.0 Å². The summed E-state index contributed by atoms with van der Waals surface area (Å²) >= 11 is 0. The van der Waals surface area contributed by atoms with Gasteiger partial charge in [0.2, 0.25) is 10.0 Å². The van der Waals surface area contributed by atoms with Crippen LogP contribution in [0, 0.1) is 6.92 Å². The van der Waals surface area contributed by atoms with Gasteiger partial charge in [-0.05, 0) is 37.1 Å². The van der Waals surface area contributed by atoms with E-state index in [2.05, 4.69) is 22.2 Å². The second-order valence-corrected chi connectivity index (χ2v) is 8.50. The summed E-state index contributed by atoms with van der Waals surface area (Å²) in [6, 6.07) is 15.8. The normalized spacial score (nSPS) is 16.7. The van der Waals surface area contributed by atoms with Crippen molar-refractivity contribution >= 4 is 33.3 Å². The fourth-order valence-electron chi connectivity index (χ4n) is 3.87. The molecule has 0 bridgehead atoms. The summed E-state index contributed by atoms with van der Waals surface area (Å²) in [5, 5.41) is 4.19. The number of benzene rings is 2. The van der Waals surface area contributed by atoms with Crippen molar-refractivity contribution < 1.29 is 8.42 Å². The molecule has 0 amide bonds. The van der Waals surface area contributed by atoms with Gasteiger partial charge < -0.3 is 9.88 Å². The van der Waals surface area contributed by atoms with Gasteiger partial charge in [-0.1, -0.05) is 42.5 Å². The third-order valence-electron chi connectivity index (χ3n) is 5.30. The van der Waals surface area contributed by atoms with Crippen molar-refractivity contribution in [2.24, 2.45) is 7.05 Å². The van der Waals surface area contributed by atoms with Gasteiger partial charge in [0.25, 0.3) is 0 Å². The van der Waals surface area contributed by atoms with Crippen LogP contribution in [0.2, 0.25) is 0 Å². The van der Waals surface area contributed by atoms with Gasteiger partial charge in [-0.25, -0.2) is 13.1 Å². The summed E-state index contributed by atoms with van der Waals surface area (Å²) in [5.41, 5.74) is 4.13. The second kappa shape index (κ2) is 7.64. The fourth-order valence-corrected chi connectivity index (χ4v) is 5.38. The number of fused-ring (bicyclic) bond motifs is 2. The highest BCUT2D eigenvalue weighted by atomic mass is 35.5. The van der Waals surface area contributed by atoms with Crippen molar-refractivity contribution in [2.45, 2.75) is 24.3 Å². The molecule has 27 heavy (non-hydrogen) atoms. The molecule has 2 heterocycles. The lowest BCUT2D eigenvalue weighted by Gasteiger charge is -2.27. The Morgan fingerprint density at radius 2 is 1.85 bits per heavy atom. The number of para-hydroxylation sites is 1. The molecule has 144 valence electrons. The molecule has 2 N–H and O–H groups in total. The van der Waals surface area contributed by atoms with E-state index in [1.54, 1.807) is 0 Å². The average molecular weight is 406 g/mol. The Labute approximate surface area is 166 Å². The Bertz CT molecular complexity index is 1080. The molecule has 0 saturated heterocycles. The van der Waals surface area contributed by atoms with Gasteiger partial charge in [-0.2, -0.15) is 0 Å². The minimum Gasteiger partial charge on any atom is -0.347 e. The first-order valence-electron chi connectivity index (χ1n) is 8.84. The SMILES string of the molecule is Cc1c(S(=O)(=O)NCC2NCCc3ccccc32)c2ccccc2n1C.Cl. The van der Waals surface area contributed by atoms with Crippen LogP contribution in [0.1, 0.15) is 22.9 Å². The van der Waals surface area contributed by atoms with Gasteiger partial charge >= 0.3 is 0 Å². The number of nitrogens with one attached hydrogen (secondary N) is 2. The molecular formula is C20H24ClN3O2S. The van der Waals surface area contributed by atoms with Gasteiger partial charge in [-0.3, -0.25) is 0 Å². The number of nitrogens with zero attached hydrogens (tertiary/aromatic N) is 1. The number of aryl methyl sites for hydroxylation is 1. The summed E-state index contributed by atoms with van der Waals surface area (Å²) in [7, 11) is -1.71. The van der Waals surface area contributed by atoms with Gasteiger partial charge in [0.05, 0.1) is 0 Å². The summed E-state index contributed by atoms with van der Waals surface area (Å²) in [6.07, 6.45) is 0.974. The van der Waals surface area contributed by atoms with Gasteiger partial charge in [0.1, 0.15) is 4.90 Å². The van der Waals surface area contributed by atoms with Crippen LogP contribution >= 0.6 is 12.4 Å². The molecule has 1 aliphatic heterocycles. The lowest BCUT2D eigenvalue weighted by molar-refractivity contribution is 0.491. The Kier molecular flexibility index (Phi) is 5.63. The number of hydrogen-bond donors (Lipinski definition) is 2. The Balaban J connectivity index is 0.00000210. The van der Waals surface area contributed by atoms with E-state index in [0.29, 0.717) is 11.4 Å². The summed E-state index contributed by atoms with van der Waals surface area (Å²) in [4.78, 5) is 0.375. The molecule has 7 heteroatoms. The highest BCUT2D eigenvalue weighted by molar-refractivity contribution is 7.89. The first-order valence-corrected chi connectivity index (χ1v) is 10.3. The number of halogens is 1. The van der Waals surface area contributed by atoms with Crippen molar-refractivity contribution in [3.05, 3.63) is 65.4 Å². The van der Waals surface area contributed by atoms with Crippen molar-refractivity contribution in [3.63, 3.8) is 0 Å². The smallest absolute Gasteiger partial charge is 0.243 e. The molecule has 1 aromatic heterocycles. The van der Waals surface area contributed by atoms with E-state index in [1.165, 1.54) is 11.1 Å². The maximum absolute atomic E-state index is 13.1. The highest BCUT2D eigenvalue weighted by Gasteiger charge is 2.26. The molecule has 0 aliphatic carbocycles.